The van der Waals surface area contributed by atoms with Crippen molar-refractivity contribution in [2.45, 2.75) is 13.3 Å². The van der Waals surface area contributed by atoms with Crippen LogP contribution in [0, 0.1) is 6.92 Å². The summed E-state index contributed by atoms with van der Waals surface area (Å²) in [7, 11) is 0. The third-order valence-corrected chi connectivity index (χ3v) is 3.46. The van der Waals surface area contributed by atoms with Crippen LogP contribution < -0.4 is 10.6 Å². The molecule has 7 heteroatoms. The number of benzene rings is 1. The zero-order chi connectivity index (χ0) is 16.9. The number of rotatable bonds is 5. The number of carbonyl (C=O) groups excluding carboxylic acids is 1. The molecule has 0 saturated carbocycles. The molecule has 3 rings (SSSR count). The van der Waals surface area contributed by atoms with Gasteiger partial charge in [-0.3, -0.25) is 4.79 Å². The van der Waals surface area contributed by atoms with Crippen molar-refractivity contribution in [3.63, 3.8) is 0 Å². The highest BCUT2D eigenvalue weighted by Crippen LogP contribution is 2.17. The second kappa shape index (κ2) is 7.14. The number of aromatic nitrogens is 2. The molecule has 0 spiro atoms. The largest absolute Gasteiger partial charge is 0.360 e. The molecule has 1 amide bonds. The molecule has 2 heterocycles. The van der Waals surface area contributed by atoms with Gasteiger partial charge in [-0.1, -0.05) is 28.9 Å². The first-order valence-corrected chi connectivity index (χ1v) is 7.67. The fourth-order valence-electron chi connectivity index (χ4n) is 2.09. The van der Waals surface area contributed by atoms with E-state index in [-0.39, 0.29) is 12.3 Å². The smallest absolute Gasteiger partial charge is 0.229 e. The van der Waals surface area contributed by atoms with E-state index in [1.165, 1.54) is 0 Å². The molecular weight excluding hydrogens is 328 g/mol. The lowest BCUT2D eigenvalue weighted by molar-refractivity contribution is -0.115. The Labute approximate surface area is 143 Å². The molecule has 0 aliphatic heterocycles. The van der Waals surface area contributed by atoms with Gasteiger partial charge in [0.1, 0.15) is 11.6 Å². The van der Waals surface area contributed by atoms with Crippen molar-refractivity contribution in [3.8, 4) is 0 Å². The second-order valence-electron chi connectivity index (χ2n) is 5.23. The van der Waals surface area contributed by atoms with E-state index in [0.29, 0.717) is 16.7 Å². The topological polar surface area (TPSA) is 80.0 Å². The maximum absolute atomic E-state index is 12.0. The molecule has 3 aromatic rings. The number of aryl methyl sites for hydroxylation is 1. The molecule has 0 bridgehead atoms. The van der Waals surface area contributed by atoms with Crippen molar-refractivity contribution in [3.05, 3.63) is 65.0 Å². The van der Waals surface area contributed by atoms with E-state index in [1.54, 1.807) is 36.5 Å². The number of anilines is 3. The fourth-order valence-corrected chi connectivity index (χ4v) is 2.22. The Kier molecular flexibility index (Phi) is 4.77. The average Bonchev–Trinajstić information content (AvgIpc) is 2.96. The Morgan fingerprint density at radius 2 is 1.96 bits per heavy atom. The lowest BCUT2D eigenvalue weighted by Gasteiger charge is -2.06. The van der Waals surface area contributed by atoms with Gasteiger partial charge in [0.25, 0.3) is 0 Å². The zero-order valence-corrected chi connectivity index (χ0v) is 13.7. The molecule has 0 aliphatic carbocycles. The molecule has 0 aliphatic rings. The molecule has 2 aromatic heterocycles. The molecule has 2 N–H and O–H groups in total. The average molecular weight is 343 g/mol. The first-order valence-electron chi connectivity index (χ1n) is 7.29. The maximum Gasteiger partial charge on any atom is 0.229 e. The molecule has 0 unspecified atom stereocenters. The number of pyridine rings is 1. The molecule has 6 nitrogen and oxygen atoms in total. The van der Waals surface area contributed by atoms with Gasteiger partial charge in [-0.2, -0.15) is 0 Å². The van der Waals surface area contributed by atoms with Crippen LogP contribution in [-0.4, -0.2) is 16.0 Å². The summed E-state index contributed by atoms with van der Waals surface area (Å²) in [5.41, 5.74) is 1.63. The van der Waals surface area contributed by atoms with E-state index in [4.69, 9.17) is 16.1 Å². The van der Waals surface area contributed by atoms with E-state index in [2.05, 4.69) is 20.8 Å². The van der Waals surface area contributed by atoms with Crippen molar-refractivity contribution >= 4 is 34.8 Å². The summed E-state index contributed by atoms with van der Waals surface area (Å²) < 4.78 is 4.98. The number of hydrogen-bond acceptors (Lipinski definition) is 5. The van der Waals surface area contributed by atoms with Crippen molar-refractivity contribution < 1.29 is 9.32 Å². The molecule has 1 aromatic carbocycles. The Bertz CT molecular complexity index is 829. The van der Waals surface area contributed by atoms with Gasteiger partial charge in [-0.05, 0) is 36.8 Å². The van der Waals surface area contributed by atoms with Gasteiger partial charge in [0.15, 0.2) is 5.82 Å². The van der Waals surface area contributed by atoms with Gasteiger partial charge >= 0.3 is 0 Å². The minimum Gasteiger partial charge on any atom is -0.360 e. The number of hydrogen-bond donors (Lipinski definition) is 2. The van der Waals surface area contributed by atoms with E-state index < -0.39 is 0 Å². The lowest BCUT2D eigenvalue weighted by atomic mass is 10.1. The van der Waals surface area contributed by atoms with Gasteiger partial charge in [0.05, 0.1) is 18.3 Å². The van der Waals surface area contributed by atoms with Crippen LogP contribution in [-0.2, 0) is 11.2 Å². The third-order valence-electron chi connectivity index (χ3n) is 3.21. The molecule has 0 atom stereocenters. The first-order chi connectivity index (χ1) is 11.6. The van der Waals surface area contributed by atoms with Crippen LogP contribution in [0.25, 0.3) is 0 Å². The maximum atomic E-state index is 12.0. The van der Waals surface area contributed by atoms with E-state index in [0.717, 1.165) is 17.0 Å². The Morgan fingerprint density at radius 3 is 2.58 bits per heavy atom. The summed E-state index contributed by atoms with van der Waals surface area (Å²) in [4.78, 5) is 16.2. The first kappa shape index (κ1) is 16.0. The number of carbonyl (C=O) groups is 1. The van der Waals surface area contributed by atoms with Crippen LogP contribution in [0.15, 0.2) is 53.2 Å². The van der Waals surface area contributed by atoms with Crippen molar-refractivity contribution in [1.29, 1.82) is 0 Å². The van der Waals surface area contributed by atoms with E-state index in [1.807, 2.05) is 19.1 Å². The van der Waals surface area contributed by atoms with Gasteiger partial charge in [0.2, 0.25) is 5.91 Å². The monoisotopic (exact) mass is 342 g/mol. The summed E-state index contributed by atoms with van der Waals surface area (Å²) >= 11 is 5.83. The molecule has 0 radical (unpaired) electrons. The minimum atomic E-state index is -0.141. The summed E-state index contributed by atoms with van der Waals surface area (Å²) in [6, 6.07) is 12.5. The number of halogens is 1. The normalized spacial score (nSPS) is 10.4. The zero-order valence-electron chi connectivity index (χ0n) is 12.9. The highest BCUT2D eigenvalue weighted by molar-refractivity contribution is 6.30. The highest BCUT2D eigenvalue weighted by Gasteiger charge is 2.06. The minimum absolute atomic E-state index is 0.141. The Hall–Kier alpha value is -2.86. The van der Waals surface area contributed by atoms with Gasteiger partial charge < -0.3 is 15.2 Å². The van der Waals surface area contributed by atoms with Crippen LogP contribution in [0.2, 0.25) is 5.02 Å². The summed E-state index contributed by atoms with van der Waals surface area (Å²) in [6.07, 6.45) is 1.87. The molecular formula is C17H15ClN4O2. The van der Waals surface area contributed by atoms with Crippen LogP contribution in [0.1, 0.15) is 11.3 Å². The molecule has 122 valence electrons. The molecule has 24 heavy (non-hydrogen) atoms. The molecule has 0 saturated heterocycles. The van der Waals surface area contributed by atoms with Crippen LogP contribution in [0.4, 0.5) is 17.3 Å². The SMILES string of the molecule is Cc1cc(Nc2ccc(NC(=O)Cc3ccc(Cl)cc3)nc2)no1. The highest BCUT2D eigenvalue weighted by atomic mass is 35.5. The number of amides is 1. The van der Waals surface area contributed by atoms with Crippen LogP contribution in [0.3, 0.4) is 0 Å². The fraction of sp³-hybridized carbons (Fsp3) is 0.118. The summed E-state index contributed by atoms with van der Waals surface area (Å²) in [6.45, 7) is 1.82. The molecule has 0 fully saturated rings. The lowest BCUT2D eigenvalue weighted by Crippen LogP contribution is -2.15. The van der Waals surface area contributed by atoms with Crippen molar-refractivity contribution in [2.75, 3.05) is 10.6 Å². The van der Waals surface area contributed by atoms with Crippen molar-refractivity contribution in [1.82, 2.24) is 10.1 Å². The summed E-state index contributed by atoms with van der Waals surface area (Å²) in [5.74, 6) is 1.67. The predicted octanol–water partition coefficient (Wildman–Crippen LogP) is 3.96. The Morgan fingerprint density at radius 1 is 1.17 bits per heavy atom. The quantitative estimate of drug-likeness (QED) is 0.733. The predicted molar refractivity (Wildman–Crippen MR) is 92.5 cm³/mol. The van der Waals surface area contributed by atoms with Crippen molar-refractivity contribution in [2.24, 2.45) is 0 Å². The Balaban J connectivity index is 1.57. The van der Waals surface area contributed by atoms with Crippen LogP contribution >= 0.6 is 11.6 Å². The van der Waals surface area contributed by atoms with Gasteiger partial charge in [-0.25, -0.2) is 4.98 Å². The van der Waals surface area contributed by atoms with Crippen LogP contribution in [0.5, 0.6) is 0 Å². The van der Waals surface area contributed by atoms with E-state index >= 15 is 0 Å². The van der Waals surface area contributed by atoms with E-state index in [9.17, 15) is 4.79 Å². The number of nitrogens with zero attached hydrogens (tertiary/aromatic N) is 2. The standard InChI is InChI=1S/C17H15ClN4O2/c1-11-8-16(22-24-11)20-14-6-7-15(19-10-14)21-17(23)9-12-2-4-13(18)5-3-12/h2-8,10H,9H2,1H3,(H,20,22)(H,19,21,23). The summed E-state index contributed by atoms with van der Waals surface area (Å²) in [5, 5.41) is 10.3. The third kappa shape index (κ3) is 4.33. The number of nitrogens with one attached hydrogen (secondary N) is 2. The van der Waals surface area contributed by atoms with Gasteiger partial charge in [0, 0.05) is 11.1 Å². The van der Waals surface area contributed by atoms with Gasteiger partial charge in [-0.15, -0.1) is 0 Å². The second-order valence-corrected chi connectivity index (χ2v) is 5.67.